The highest BCUT2D eigenvalue weighted by Gasteiger charge is 2.28. The maximum atomic E-state index is 12.5. The van der Waals surface area contributed by atoms with E-state index in [1.54, 1.807) is 0 Å². The molecule has 1 unspecified atom stereocenters. The molecule has 0 bridgehead atoms. The second kappa shape index (κ2) is 7.44. The Kier molecular flexibility index (Phi) is 4.96. The molecule has 0 aliphatic carbocycles. The Morgan fingerprint density at radius 1 is 1.24 bits per heavy atom. The summed E-state index contributed by atoms with van der Waals surface area (Å²) < 4.78 is 11.6. The quantitative estimate of drug-likeness (QED) is 0.495. The molecule has 1 aliphatic heterocycles. The van der Waals surface area contributed by atoms with Crippen molar-refractivity contribution in [2.24, 2.45) is 5.10 Å². The summed E-state index contributed by atoms with van der Waals surface area (Å²) in [6, 6.07) is 13.5. The summed E-state index contributed by atoms with van der Waals surface area (Å²) in [5, 5.41) is 5.44. The minimum absolute atomic E-state index is 0.0313. The molecule has 1 atom stereocenters. The highest BCUT2D eigenvalue weighted by molar-refractivity contribution is 6.34. The third-order valence-corrected chi connectivity index (χ3v) is 5.13. The lowest BCUT2D eigenvalue weighted by Gasteiger charge is -2.27. The van der Waals surface area contributed by atoms with E-state index in [-0.39, 0.29) is 17.9 Å². The van der Waals surface area contributed by atoms with Gasteiger partial charge in [0.25, 0.3) is 5.91 Å². The van der Waals surface area contributed by atoms with Crippen LogP contribution in [0.3, 0.4) is 0 Å². The molecule has 2 N–H and O–H groups in total. The zero-order valence-corrected chi connectivity index (χ0v) is 17.2. The highest BCUT2D eigenvalue weighted by Crippen LogP contribution is 2.36. The number of nitrogens with zero attached hydrogens (tertiary/aromatic N) is 1. The summed E-state index contributed by atoms with van der Waals surface area (Å²) in [5.41, 5.74) is 5.20. The Labute approximate surface area is 173 Å². The van der Waals surface area contributed by atoms with Gasteiger partial charge in [-0.3, -0.25) is 4.79 Å². The van der Waals surface area contributed by atoms with Crippen molar-refractivity contribution in [2.45, 2.75) is 32.3 Å². The van der Waals surface area contributed by atoms with Gasteiger partial charge in [-0.1, -0.05) is 56.6 Å². The molecule has 3 aromatic rings. The SMILES string of the molecule is CC(C)(C)c1ccc2c(c1)OC(C(=O)N/N=C\c1c(Cl)[nH]c3ccccc13)CO2. The molecule has 1 aromatic heterocycles. The van der Waals surface area contributed by atoms with Crippen molar-refractivity contribution in [1.29, 1.82) is 0 Å². The first-order chi connectivity index (χ1) is 13.8. The van der Waals surface area contributed by atoms with E-state index in [2.05, 4.69) is 36.3 Å². The Morgan fingerprint density at radius 2 is 2.03 bits per heavy atom. The van der Waals surface area contributed by atoms with Gasteiger partial charge in [0.05, 0.1) is 6.21 Å². The summed E-state index contributed by atoms with van der Waals surface area (Å²) >= 11 is 6.24. The van der Waals surface area contributed by atoms with Crippen molar-refractivity contribution in [3.05, 3.63) is 58.7 Å². The lowest BCUT2D eigenvalue weighted by molar-refractivity contribution is -0.130. The average Bonchev–Trinajstić information content (AvgIpc) is 3.01. The van der Waals surface area contributed by atoms with Crippen LogP contribution in [0.2, 0.25) is 5.15 Å². The lowest BCUT2D eigenvalue weighted by Crippen LogP contribution is -2.42. The van der Waals surface area contributed by atoms with E-state index in [0.29, 0.717) is 22.2 Å². The zero-order chi connectivity index (χ0) is 20.6. The van der Waals surface area contributed by atoms with E-state index in [9.17, 15) is 4.79 Å². The van der Waals surface area contributed by atoms with Crippen LogP contribution in [0.25, 0.3) is 10.9 Å². The van der Waals surface area contributed by atoms with Gasteiger partial charge >= 0.3 is 0 Å². The van der Waals surface area contributed by atoms with Crippen LogP contribution in [0.4, 0.5) is 0 Å². The van der Waals surface area contributed by atoms with Crippen LogP contribution in [-0.4, -0.2) is 29.8 Å². The van der Waals surface area contributed by atoms with E-state index in [1.807, 2.05) is 42.5 Å². The standard InChI is InChI=1S/C22H22ClN3O3/c1-22(2,3)13-8-9-17-18(10-13)29-19(12-28-17)21(27)26-24-11-15-14-6-4-5-7-16(14)25-20(15)23/h4-11,19,25H,12H2,1-3H3,(H,26,27)/b24-11-. The van der Waals surface area contributed by atoms with E-state index in [1.165, 1.54) is 6.21 Å². The van der Waals surface area contributed by atoms with Crippen molar-refractivity contribution in [3.63, 3.8) is 0 Å². The van der Waals surface area contributed by atoms with E-state index in [4.69, 9.17) is 21.1 Å². The number of rotatable bonds is 3. The van der Waals surface area contributed by atoms with Gasteiger partial charge in [0.1, 0.15) is 11.8 Å². The molecule has 0 spiro atoms. The van der Waals surface area contributed by atoms with Gasteiger partial charge in [0.15, 0.2) is 11.5 Å². The number of para-hydroxylation sites is 1. The molecule has 0 saturated carbocycles. The number of benzene rings is 2. The van der Waals surface area contributed by atoms with Crippen molar-refractivity contribution < 1.29 is 14.3 Å². The molecule has 29 heavy (non-hydrogen) atoms. The van der Waals surface area contributed by atoms with Crippen molar-refractivity contribution in [3.8, 4) is 11.5 Å². The number of ether oxygens (including phenoxy) is 2. The Morgan fingerprint density at radius 3 is 2.83 bits per heavy atom. The number of nitrogens with one attached hydrogen (secondary N) is 2. The van der Waals surface area contributed by atoms with Crippen LogP contribution in [0.1, 0.15) is 31.9 Å². The Bertz CT molecular complexity index is 1100. The molecule has 6 nitrogen and oxygen atoms in total. The maximum absolute atomic E-state index is 12.5. The fraction of sp³-hybridized carbons (Fsp3) is 0.273. The molecule has 0 fully saturated rings. The van der Waals surface area contributed by atoms with Gasteiger partial charge < -0.3 is 14.5 Å². The largest absolute Gasteiger partial charge is 0.485 e. The maximum Gasteiger partial charge on any atom is 0.284 e. The number of hydrazone groups is 1. The van der Waals surface area contributed by atoms with Crippen molar-refractivity contribution in [1.82, 2.24) is 10.4 Å². The zero-order valence-electron chi connectivity index (χ0n) is 16.5. The predicted molar refractivity (Wildman–Crippen MR) is 114 cm³/mol. The number of aromatic amines is 1. The number of halogens is 1. The van der Waals surface area contributed by atoms with Gasteiger partial charge in [-0.2, -0.15) is 5.10 Å². The molecule has 2 aromatic carbocycles. The summed E-state index contributed by atoms with van der Waals surface area (Å²) in [4.78, 5) is 15.6. The van der Waals surface area contributed by atoms with Crippen LogP contribution in [0, 0.1) is 0 Å². The Balaban J connectivity index is 1.46. The number of carbonyl (C=O) groups excluding carboxylic acids is 1. The van der Waals surface area contributed by atoms with E-state index >= 15 is 0 Å². The first-order valence-corrected chi connectivity index (χ1v) is 9.74. The molecule has 1 amide bonds. The van der Waals surface area contributed by atoms with Crippen LogP contribution >= 0.6 is 11.6 Å². The number of hydrogen-bond acceptors (Lipinski definition) is 4. The summed E-state index contributed by atoms with van der Waals surface area (Å²) in [6.45, 7) is 6.48. The number of H-pyrrole nitrogens is 1. The third kappa shape index (κ3) is 3.93. The molecule has 150 valence electrons. The van der Waals surface area contributed by atoms with Crippen LogP contribution in [0.15, 0.2) is 47.6 Å². The van der Waals surface area contributed by atoms with Crippen molar-refractivity contribution in [2.75, 3.05) is 6.61 Å². The second-order valence-corrected chi connectivity index (χ2v) is 8.34. The molecular formula is C22H22ClN3O3. The minimum atomic E-state index is -0.784. The van der Waals surface area contributed by atoms with Gasteiger partial charge in [0.2, 0.25) is 6.10 Å². The molecular weight excluding hydrogens is 390 g/mol. The summed E-state index contributed by atoms with van der Waals surface area (Å²) in [7, 11) is 0. The molecule has 0 radical (unpaired) electrons. The van der Waals surface area contributed by atoms with E-state index < -0.39 is 6.10 Å². The van der Waals surface area contributed by atoms with E-state index in [0.717, 1.165) is 16.5 Å². The number of carbonyl (C=O) groups is 1. The molecule has 4 rings (SSSR count). The smallest absolute Gasteiger partial charge is 0.284 e. The fourth-order valence-corrected chi connectivity index (χ4v) is 3.41. The highest BCUT2D eigenvalue weighted by atomic mass is 35.5. The second-order valence-electron chi connectivity index (χ2n) is 7.96. The molecule has 1 aliphatic rings. The minimum Gasteiger partial charge on any atom is -0.485 e. The number of fused-ring (bicyclic) bond motifs is 2. The van der Waals surface area contributed by atoms with Gasteiger partial charge in [0, 0.05) is 16.5 Å². The Hall–Kier alpha value is -2.99. The topological polar surface area (TPSA) is 75.7 Å². The normalized spacial score (nSPS) is 16.3. The fourth-order valence-electron chi connectivity index (χ4n) is 3.16. The van der Waals surface area contributed by atoms with Crippen LogP contribution in [0.5, 0.6) is 11.5 Å². The number of aromatic nitrogens is 1. The van der Waals surface area contributed by atoms with Crippen LogP contribution < -0.4 is 14.9 Å². The summed E-state index contributed by atoms with van der Waals surface area (Å²) in [5.74, 6) is 0.813. The molecule has 7 heteroatoms. The first kappa shape index (κ1) is 19.3. The van der Waals surface area contributed by atoms with Crippen molar-refractivity contribution >= 4 is 34.6 Å². The lowest BCUT2D eigenvalue weighted by atomic mass is 9.87. The average molecular weight is 412 g/mol. The van der Waals surface area contributed by atoms with Gasteiger partial charge in [-0.05, 0) is 29.2 Å². The molecule has 0 saturated heterocycles. The first-order valence-electron chi connectivity index (χ1n) is 9.36. The number of amides is 1. The third-order valence-electron chi connectivity index (χ3n) is 4.83. The van der Waals surface area contributed by atoms with Gasteiger partial charge in [-0.15, -0.1) is 0 Å². The van der Waals surface area contributed by atoms with Crippen LogP contribution in [-0.2, 0) is 10.2 Å². The monoisotopic (exact) mass is 411 g/mol. The summed E-state index contributed by atoms with van der Waals surface area (Å²) in [6.07, 6.45) is 0.738. The molecule has 2 heterocycles. The van der Waals surface area contributed by atoms with Gasteiger partial charge in [-0.25, -0.2) is 5.43 Å². The number of hydrogen-bond donors (Lipinski definition) is 2. The predicted octanol–water partition coefficient (Wildman–Crippen LogP) is 4.41.